The molecule has 1 fully saturated rings. The Hall–Kier alpha value is -0.860. The van der Waals surface area contributed by atoms with Gasteiger partial charge in [-0.15, -0.1) is 0 Å². The maximum absolute atomic E-state index is 5.72. The average molecular weight is 219 g/mol. The standard InChI is InChI=1S/C14H21NO/c1-9-7-10(2)13(11(3)8-9)14-12(4)16-6-5-15-14/h7-8,12,14-15H,5-6H2,1-4H3. The third-order valence-electron chi connectivity index (χ3n) is 3.37. The molecule has 2 unspecified atom stereocenters. The van der Waals surface area contributed by atoms with Crippen molar-refractivity contribution in [2.45, 2.75) is 39.8 Å². The lowest BCUT2D eigenvalue weighted by Crippen LogP contribution is -2.41. The highest BCUT2D eigenvalue weighted by atomic mass is 16.5. The van der Waals surface area contributed by atoms with Crippen LogP contribution in [0, 0.1) is 20.8 Å². The molecule has 1 aliphatic rings. The van der Waals surface area contributed by atoms with E-state index in [1.165, 1.54) is 22.3 Å². The molecule has 0 saturated carbocycles. The SMILES string of the molecule is Cc1cc(C)c(C2NCCOC2C)c(C)c1. The van der Waals surface area contributed by atoms with E-state index >= 15 is 0 Å². The lowest BCUT2D eigenvalue weighted by Gasteiger charge is -2.33. The molecule has 2 rings (SSSR count). The summed E-state index contributed by atoms with van der Waals surface area (Å²) in [6.07, 6.45) is 0.258. The van der Waals surface area contributed by atoms with Gasteiger partial charge >= 0.3 is 0 Å². The van der Waals surface area contributed by atoms with Crippen molar-refractivity contribution in [1.29, 1.82) is 0 Å². The lowest BCUT2D eigenvalue weighted by atomic mass is 9.91. The Labute approximate surface area is 98.0 Å². The first-order valence-corrected chi connectivity index (χ1v) is 6.02. The van der Waals surface area contributed by atoms with Crippen molar-refractivity contribution >= 4 is 0 Å². The molecule has 0 bridgehead atoms. The molecule has 0 aromatic heterocycles. The normalized spacial score (nSPS) is 25.8. The molecular formula is C14H21NO. The van der Waals surface area contributed by atoms with Gasteiger partial charge in [-0.25, -0.2) is 0 Å². The molecule has 1 heterocycles. The molecule has 2 heteroatoms. The molecular weight excluding hydrogens is 198 g/mol. The Morgan fingerprint density at radius 1 is 1.19 bits per heavy atom. The van der Waals surface area contributed by atoms with Crippen LogP contribution < -0.4 is 5.32 Å². The van der Waals surface area contributed by atoms with E-state index in [1.54, 1.807) is 0 Å². The number of ether oxygens (including phenoxy) is 1. The summed E-state index contributed by atoms with van der Waals surface area (Å²) in [5.41, 5.74) is 5.49. The van der Waals surface area contributed by atoms with E-state index in [9.17, 15) is 0 Å². The van der Waals surface area contributed by atoms with Crippen LogP contribution in [0.4, 0.5) is 0 Å². The summed E-state index contributed by atoms with van der Waals surface area (Å²) >= 11 is 0. The van der Waals surface area contributed by atoms with E-state index < -0.39 is 0 Å². The number of hydrogen-bond acceptors (Lipinski definition) is 2. The van der Waals surface area contributed by atoms with Gasteiger partial charge in [-0.2, -0.15) is 0 Å². The summed E-state index contributed by atoms with van der Waals surface area (Å²) in [6, 6.07) is 4.85. The van der Waals surface area contributed by atoms with Gasteiger partial charge in [0.25, 0.3) is 0 Å². The third kappa shape index (κ3) is 2.13. The summed E-state index contributed by atoms with van der Waals surface area (Å²) in [7, 11) is 0. The van der Waals surface area contributed by atoms with Crippen LogP contribution in [0.3, 0.4) is 0 Å². The van der Waals surface area contributed by atoms with Crippen LogP contribution in [0.1, 0.15) is 35.2 Å². The fourth-order valence-electron chi connectivity index (χ4n) is 2.74. The molecule has 0 aliphatic carbocycles. The van der Waals surface area contributed by atoms with Crippen molar-refractivity contribution in [3.63, 3.8) is 0 Å². The van der Waals surface area contributed by atoms with Gasteiger partial charge in [-0.05, 0) is 44.4 Å². The zero-order chi connectivity index (χ0) is 11.7. The van der Waals surface area contributed by atoms with Gasteiger partial charge in [0.05, 0.1) is 18.8 Å². The number of benzene rings is 1. The summed E-state index contributed by atoms with van der Waals surface area (Å²) < 4.78 is 5.72. The van der Waals surface area contributed by atoms with Crippen molar-refractivity contribution < 1.29 is 4.74 Å². The second-order valence-electron chi connectivity index (χ2n) is 4.82. The smallest absolute Gasteiger partial charge is 0.0742 e. The first-order valence-electron chi connectivity index (χ1n) is 6.02. The average Bonchev–Trinajstić information content (AvgIpc) is 2.19. The second-order valence-corrected chi connectivity index (χ2v) is 4.82. The van der Waals surface area contributed by atoms with Gasteiger partial charge < -0.3 is 10.1 Å². The predicted octanol–water partition coefficient (Wildman–Crippen LogP) is 2.66. The van der Waals surface area contributed by atoms with E-state index in [1.807, 2.05) is 0 Å². The summed E-state index contributed by atoms with van der Waals surface area (Å²) in [5, 5.41) is 3.56. The Bertz CT molecular complexity index is 363. The van der Waals surface area contributed by atoms with Crippen LogP contribution >= 0.6 is 0 Å². The number of rotatable bonds is 1. The Morgan fingerprint density at radius 2 is 1.81 bits per heavy atom. The largest absolute Gasteiger partial charge is 0.375 e. The number of aryl methyl sites for hydroxylation is 3. The molecule has 1 saturated heterocycles. The number of nitrogens with one attached hydrogen (secondary N) is 1. The van der Waals surface area contributed by atoms with E-state index in [0.29, 0.717) is 6.04 Å². The number of morpholine rings is 1. The Kier molecular flexibility index (Phi) is 3.31. The Morgan fingerprint density at radius 3 is 2.38 bits per heavy atom. The van der Waals surface area contributed by atoms with Gasteiger partial charge in [0.15, 0.2) is 0 Å². The van der Waals surface area contributed by atoms with Gasteiger partial charge in [0.2, 0.25) is 0 Å². The lowest BCUT2D eigenvalue weighted by molar-refractivity contribution is 0.00721. The molecule has 1 aliphatic heterocycles. The van der Waals surface area contributed by atoms with Crippen molar-refractivity contribution in [3.05, 3.63) is 34.4 Å². The first kappa shape index (κ1) is 11.6. The molecule has 1 aromatic rings. The molecule has 2 nitrogen and oxygen atoms in total. The van der Waals surface area contributed by atoms with Gasteiger partial charge in [-0.3, -0.25) is 0 Å². The topological polar surface area (TPSA) is 21.3 Å². The van der Waals surface area contributed by atoms with E-state index in [0.717, 1.165) is 13.2 Å². The maximum Gasteiger partial charge on any atom is 0.0742 e. The third-order valence-corrected chi connectivity index (χ3v) is 3.37. The zero-order valence-electron chi connectivity index (χ0n) is 10.6. The first-order chi connectivity index (χ1) is 7.59. The Balaban J connectivity index is 2.38. The van der Waals surface area contributed by atoms with E-state index in [-0.39, 0.29) is 6.10 Å². The molecule has 0 radical (unpaired) electrons. The molecule has 0 amide bonds. The quantitative estimate of drug-likeness (QED) is 0.784. The predicted molar refractivity (Wildman–Crippen MR) is 66.8 cm³/mol. The maximum atomic E-state index is 5.72. The van der Waals surface area contributed by atoms with Crippen molar-refractivity contribution in [2.24, 2.45) is 0 Å². The van der Waals surface area contributed by atoms with Crippen molar-refractivity contribution in [3.8, 4) is 0 Å². The summed E-state index contributed by atoms with van der Waals surface area (Å²) in [6.45, 7) is 10.5. The van der Waals surface area contributed by atoms with Crippen molar-refractivity contribution in [1.82, 2.24) is 5.32 Å². The van der Waals surface area contributed by atoms with Crippen LogP contribution in [0.15, 0.2) is 12.1 Å². The molecule has 88 valence electrons. The summed E-state index contributed by atoms with van der Waals surface area (Å²) in [5.74, 6) is 0. The van der Waals surface area contributed by atoms with Crippen LogP contribution in [0.2, 0.25) is 0 Å². The van der Waals surface area contributed by atoms with Crippen molar-refractivity contribution in [2.75, 3.05) is 13.2 Å². The van der Waals surface area contributed by atoms with Crippen LogP contribution in [-0.2, 0) is 4.74 Å². The van der Waals surface area contributed by atoms with Crippen LogP contribution in [0.5, 0.6) is 0 Å². The monoisotopic (exact) mass is 219 g/mol. The van der Waals surface area contributed by atoms with Crippen LogP contribution in [0.25, 0.3) is 0 Å². The van der Waals surface area contributed by atoms with Gasteiger partial charge in [-0.1, -0.05) is 17.7 Å². The van der Waals surface area contributed by atoms with Gasteiger partial charge in [0, 0.05) is 6.54 Å². The molecule has 2 atom stereocenters. The second kappa shape index (κ2) is 4.56. The molecule has 16 heavy (non-hydrogen) atoms. The highest BCUT2D eigenvalue weighted by Crippen LogP contribution is 2.28. The molecule has 1 N–H and O–H groups in total. The summed E-state index contributed by atoms with van der Waals surface area (Å²) in [4.78, 5) is 0. The highest BCUT2D eigenvalue weighted by molar-refractivity contribution is 5.40. The molecule has 1 aromatic carbocycles. The van der Waals surface area contributed by atoms with E-state index in [2.05, 4.69) is 45.1 Å². The minimum atomic E-state index is 0.258. The van der Waals surface area contributed by atoms with Crippen LogP contribution in [-0.4, -0.2) is 19.3 Å². The van der Waals surface area contributed by atoms with Gasteiger partial charge in [0.1, 0.15) is 0 Å². The fraction of sp³-hybridized carbons (Fsp3) is 0.571. The zero-order valence-corrected chi connectivity index (χ0v) is 10.6. The number of hydrogen-bond donors (Lipinski definition) is 1. The molecule has 0 spiro atoms. The highest BCUT2D eigenvalue weighted by Gasteiger charge is 2.25. The van der Waals surface area contributed by atoms with E-state index in [4.69, 9.17) is 4.74 Å². The minimum Gasteiger partial charge on any atom is -0.375 e. The minimum absolute atomic E-state index is 0.258. The fourth-order valence-corrected chi connectivity index (χ4v) is 2.74.